The van der Waals surface area contributed by atoms with Crippen LogP contribution in [0.3, 0.4) is 0 Å². The molecule has 0 aliphatic rings. The molecule has 8 heteroatoms. The van der Waals surface area contributed by atoms with Crippen molar-refractivity contribution >= 4 is 10.9 Å². The van der Waals surface area contributed by atoms with Crippen LogP contribution in [0.1, 0.15) is 62.9 Å². The SMILES string of the molecule is CC[C@H](c1nnnn1C(C)(C)C)N(Cc1ccco1)Cc1cc2cc(C)ccc2[nH]c1=O. The number of pyridine rings is 1. The van der Waals surface area contributed by atoms with Crippen LogP contribution in [-0.4, -0.2) is 30.1 Å². The third-order valence-corrected chi connectivity index (χ3v) is 5.64. The first-order valence-corrected chi connectivity index (χ1v) is 10.9. The van der Waals surface area contributed by atoms with Gasteiger partial charge in [0.15, 0.2) is 5.82 Å². The van der Waals surface area contributed by atoms with Crippen molar-refractivity contribution in [2.24, 2.45) is 0 Å². The van der Waals surface area contributed by atoms with Crippen LogP contribution >= 0.6 is 0 Å². The number of aryl methyl sites for hydroxylation is 1. The highest BCUT2D eigenvalue weighted by atomic mass is 16.3. The molecule has 32 heavy (non-hydrogen) atoms. The van der Waals surface area contributed by atoms with E-state index >= 15 is 0 Å². The van der Waals surface area contributed by atoms with Crippen molar-refractivity contribution in [3.05, 3.63) is 75.7 Å². The van der Waals surface area contributed by atoms with E-state index in [9.17, 15) is 4.79 Å². The first kappa shape index (κ1) is 22.0. The summed E-state index contributed by atoms with van der Waals surface area (Å²) in [4.78, 5) is 18.2. The Kier molecular flexibility index (Phi) is 5.97. The van der Waals surface area contributed by atoms with Crippen LogP contribution < -0.4 is 5.56 Å². The van der Waals surface area contributed by atoms with Crippen molar-refractivity contribution in [2.45, 2.75) is 65.7 Å². The summed E-state index contributed by atoms with van der Waals surface area (Å²) in [5, 5.41) is 13.6. The summed E-state index contributed by atoms with van der Waals surface area (Å²) in [6, 6.07) is 11.7. The van der Waals surface area contributed by atoms with Gasteiger partial charge in [0, 0.05) is 17.6 Å². The lowest BCUT2D eigenvalue weighted by molar-refractivity contribution is 0.142. The van der Waals surface area contributed by atoms with Gasteiger partial charge in [-0.1, -0.05) is 18.6 Å². The fraction of sp³-hybridized carbons (Fsp3) is 0.417. The van der Waals surface area contributed by atoms with Crippen LogP contribution in [0, 0.1) is 6.92 Å². The molecule has 0 saturated carbocycles. The smallest absolute Gasteiger partial charge is 0.252 e. The second-order valence-electron chi connectivity index (χ2n) is 9.24. The number of furan rings is 1. The van der Waals surface area contributed by atoms with Crippen LogP contribution in [0.4, 0.5) is 0 Å². The normalized spacial score (nSPS) is 13.2. The molecule has 168 valence electrons. The predicted octanol–water partition coefficient (Wildman–Crippen LogP) is 4.32. The van der Waals surface area contributed by atoms with Gasteiger partial charge in [0.05, 0.1) is 24.4 Å². The van der Waals surface area contributed by atoms with E-state index in [-0.39, 0.29) is 17.1 Å². The third-order valence-electron chi connectivity index (χ3n) is 5.64. The maximum absolute atomic E-state index is 12.9. The fourth-order valence-electron chi connectivity index (χ4n) is 4.07. The molecular weight excluding hydrogens is 404 g/mol. The van der Waals surface area contributed by atoms with Gasteiger partial charge >= 0.3 is 0 Å². The van der Waals surface area contributed by atoms with E-state index in [1.165, 1.54) is 0 Å². The van der Waals surface area contributed by atoms with Gasteiger partial charge < -0.3 is 9.40 Å². The molecule has 0 radical (unpaired) electrons. The van der Waals surface area contributed by atoms with Gasteiger partial charge in [-0.05, 0) is 80.3 Å². The number of benzene rings is 1. The lowest BCUT2D eigenvalue weighted by Gasteiger charge is -2.31. The van der Waals surface area contributed by atoms with Crippen molar-refractivity contribution < 1.29 is 4.42 Å². The molecule has 0 fully saturated rings. The van der Waals surface area contributed by atoms with Crippen LogP contribution in [0.15, 0.2) is 51.9 Å². The van der Waals surface area contributed by atoms with E-state index in [4.69, 9.17) is 4.42 Å². The number of hydrogen-bond donors (Lipinski definition) is 1. The van der Waals surface area contributed by atoms with Crippen LogP contribution in [0.5, 0.6) is 0 Å². The molecule has 0 spiro atoms. The second kappa shape index (κ2) is 8.70. The zero-order valence-electron chi connectivity index (χ0n) is 19.3. The summed E-state index contributed by atoms with van der Waals surface area (Å²) in [5.74, 6) is 1.60. The molecule has 4 rings (SSSR count). The molecule has 3 heterocycles. The molecular formula is C24H30N6O2. The van der Waals surface area contributed by atoms with E-state index in [1.807, 2.05) is 41.9 Å². The van der Waals surface area contributed by atoms with Gasteiger partial charge in [0.25, 0.3) is 5.56 Å². The Balaban J connectivity index is 1.76. The Hall–Kier alpha value is -3.26. The van der Waals surface area contributed by atoms with E-state index in [1.54, 1.807) is 6.26 Å². The molecule has 1 atom stereocenters. The van der Waals surface area contributed by atoms with E-state index in [0.29, 0.717) is 18.7 Å². The molecule has 0 unspecified atom stereocenters. The van der Waals surface area contributed by atoms with Gasteiger partial charge in [-0.3, -0.25) is 9.69 Å². The highest BCUT2D eigenvalue weighted by molar-refractivity contribution is 5.79. The molecule has 8 nitrogen and oxygen atoms in total. The van der Waals surface area contributed by atoms with E-state index in [0.717, 1.165) is 34.5 Å². The Morgan fingerprint density at radius 1 is 1.19 bits per heavy atom. The second-order valence-corrected chi connectivity index (χ2v) is 9.24. The standard InChI is InChI=1S/C24H30N6O2/c1-6-21(22-26-27-28-30(22)24(3,4)5)29(15-19-8-7-11-32-19)14-18-13-17-12-16(2)9-10-20(17)25-23(18)31/h7-13,21H,6,14-15H2,1-5H3,(H,25,31)/t21-/m1/s1. The topological polar surface area (TPSA) is 92.8 Å². The van der Waals surface area contributed by atoms with Crippen molar-refractivity contribution in [2.75, 3.05) is 0 Å². The molecule has 0 saturated heterocycles. The highest BCUT2D eigenvalue weighted by Gasteiger charge is 2.30. The first-order chi connectivity index (χ1) is 15.3. The fourth-order valence-corrected chi connectivity index (χ4v) is 4.07. The molecule has 3 aromatic heterocycles. The van der Waals surface area contributed by atoms with Crippen molar-refractivity contribution in [3.8, 4) is 0 Å². The Morgan fingerprint density at radius 3 is 2.69 bits per heavy atom. The minimum Gasteiger partial charge on any atom is -0.468 e. The Bertz CT molecular complexity index is 1250. The summed E-state index contributed by atoms with van der Waals surface area (Å²) < 4.78 is 7.51. The molecule has 1 N–H and O–H groups in total. The first-order valence-electron chi connectivity index (χ1n) is 10.9. The number of nitrogens with one attached hydrogen (secondary N) is 1. The monoisotopic (exact) mass is 434 g/mol. The molecule has 1 aromatic carbocycles. The summed E-state index contributed by atoms with van der Waals surface area (Å²) in [5.41, 5.74) is 2.34. The lowest BCUT2D eigenvalue weighted by Crippen LogP contribution is -2.35. The summed E-state index contributed by atoms with van der Waals surface area (Å²) in [7, 11) is 0. The van der Waals surface area contributed by atoms with Crippen molar-refractivity contribution in [3.63, 3.8) is 0 Å². The molecule has 0 amide bonds. The van der Waals surface area contributed by atoms with Gasteiger partial charge in [-0.15, -0.1) is 5.10 Å². The number of nitrogens with zero attached hydrogens (tertiary/aromatic N) is 5. The summed E-state index contributed by atoms with van der Waals surface area (Å²) in [6.45, 7) is 11.4. The van der Waals surface area contributed by atoms with E-state index in [2.05, 4.69) is 59.2 Å². The zero-order valence-corrected chi connectivity index (χ0v) is 19.3. The van der Waals surface area contributed by atoms with Crippen molar-refractivity contribution in [1.82, 2.24) is 30.1 Å². The molecule has 4 aromatic rings. The van der Waals surface area contributed by atoms with Gasteiger partial charge in [-0.2, -0.15) is 0 Å². The minimum absolute atomic E-state index is 0.0870. The largest absolute Gasteiger partial charge is 0.468 e. The minimum atomic E-state index is -0.263. The molecule has 0 aliphatic heterocycles. The lowest BCUT2D eigenvalue weighted by atomic mass is 10.1. The maximum atomic E-state index is 12.9. The summed E-state index contributed by atoms with van der Waals surface area (Å²) >= 11 is 0. The van der Waals surface area contributed by atoms with Gasteiger partial charge in [-0.25, -0.2) is 4.68 Å². The van der Waals surface area contributed by atoms with Crippen LogP contribution in [-0.2, 0) is 18.6 Å². The van der Waals surface area contributed by atoms with Gasteiger partial charge in [0.1, 0.15) is 5.76 Å². The number of aromatic nitrogens is 5. The quantitative estimate of drug-likeness (QED) is 0.466. The van der Waals surface area contributed by atoms with Crippen LogP contribution in [0.25, 0.3) is 10.9 Å². The number of rotatable bonds is 7. The number of aromatic amines is 1. The van der Waals surface area contributed by atoms with E-state index < -0.39 is 0 Å². The number of fused-ring (bicyclic) bond motifs is 1. The number of H-pyrrole nitrogens is 1. The maximum Gasteiger partial charge on any atom is 0.252 e. The number of tetrazole rings is 1. The Morgan fingerprint density at radius 2 is 2.00 bits per heavy atom. The number of hydrogen-bond acceptors (Lipinski definition) is 6. The average Bonchev–Trinajstić information content (AvgIpc) is 3.41. The zero-order chi connectivity index (χ0) is 22.9. The third kappa shape index (κ3) is 4.50. The molecule has 0 aliphatic carbocycles. The summed E-state index contributed by atoms with van der Waals surface area (Å²) in [6.07, 6.45) is 2.45. The predicted molar refractivity (Wildman–Crippen MR) is 123 cm³/mol. The average molecular weight is 435 g/mol. The van der Waals surface area contributed by atoms with Crippen LogP contribution in [0.2, 0.25) is 0 Å². The van der Waals surface area contributed by atoms with Gasteiger partial charge in [0.2, 0.25) is 0 Å². The highest BCUT2D eigenvalue weighted by Crippen LogP contribution is 2.29. The Labute approximate surface area is 187 Å². The van der Waals surface area contributed by atoms with Crippen molar-refractivity contribution in [1.29, 1.82) is 0 Å². The molecule has 0 bridgehead atoms.